The number of pyridine rings is 1. The lowest BCUT2D eigenvalue weighted by atomic mass is 10.3. The number of hydrogen-bond acceptors (Lipinski definition) is 4. The van der Waals surface area contributed by atoms with E-state index in [2.05, 4.69) is 10.1 Å². The molecular formula is C11H15N3O2. The lowest BCUT2D eigenvalue weighted by Crippen LogP contribution is -2.15. The number of ether oxygens (including phenoxy) is 1. The van der Waals surface area contributed by atoms with Crippen LogP contribution in [0.1, 0.15) is 25.0 Å². The Bertz CT molecular complexity index is 389. The van der Waals surface area contributed by atoms with Gasteiger partial charge in [-0.2, -0.15) is 0 Å². The van der Waals surface area contributed by atoms with E-state index in [9.17, 15) is 0 Å². The Morgan fingerprint density at radius 2 is 2.38 bits per heavy atom. The molecule has 0 aliphatic heterocycles. The van der Waals surface area contributed by atoms with Gasteiger partial charge in [0.15, 0.2) is 5.84 Å². The van der Waals surface area contributed by atoms with Gasteiger partial charge in [-0.15, -0.1) is 0 Å². The third-order valence-electron chi connectivity index (χ3n) is 2.57. The van der Waals surface area contributed by atoms with Gasteiger partial charge >= 0.3 is 0 Å². The molecule has 0 bridgehead atoms. The number of nitrogens with zero attached hydrogens (tertiary/aromatic N) is 2. The maximum atomic E-state index is 8.52. The van der Waals surface area contributed by atoms with Gasteiger partial charge in [0.05, 0.1) is 6.61 Å². The number of oxime groups is 1. The van der Waals surface area contributed by atoms with Crippen molar-refractivity contribution in [1.82, 2.24) is 4.98 Å². The van der Waals surface area contributed by atoms with Crippen LogP contribution in [0.4, 0.5) is 0 Å². The number of aromatic nitrogens is 1. The van der Waals surface area contributed by atoms with E-state index in [1.165, 1.54) is 12.8 Å². The van der Waals surface area contributed by atoms with Crippen molar-refractivity contribution >= 4 is 5.84 Å². The van der Waals surface area contributed by atoms with E-state index in [0.717, 1.165) is 12.3 Å². The zero-order valence-electron chi connectivity index (χ0n) is 8.97. The van der Waals surface area contributed by atoms with Crippen LogP contribution < -0.4 is 10.5 Å². The Kier molecular flexibility index (Phi) is 3.24. The van der Waals surface area contributed by atoms with Crippen molar-refractivity contribution in [3.63, 3.8) is 0 Å². The van der Waals surface area contributed by atoms with Crippen molar-refractivity contribution in [2.45, 2.75) is 19.3 Å². The minimum absolute atomic E-state index is 0.00681. The second kappa shape index (κ2) is 4.83. The molecule has 0 radical (unpaired) electrons. The van der Waals surface area contributed by atoms with Crippen molar-refractivity contribution in [1.29, 1.82) is 0 Å². The molecule has 1 saturated carbocycles. The fourth-order valence-corrected chi connectivity index (χ4v) is 1.43. The molecule has 16 heavy (non-hydrogen) atoms. The smallest absolute Gasteiger partial charge is 0.213 e. The molecule has 0 saturated heterocycles. The quantitative estimate of drug-likeness (QED) is 0.340. The summed E-state index contributed by atoms with van der Waals surface area (Å²) in [5.41, 5.74) is 5.85. The fraction of sp³-hybridized carbons (Fsp3) is 0.455. The summed E-state index contributed by atoms with van der Waals surface area (Å²) < 4.78 is 5.49. The lowest BCUT2D eigenvalue weighted by Gasteiger charge is -2.05. The van der Waals surface area contributed by atoms with Crippen LogP contribution in [-0.2, 0) is 0 Å². The first kappa shape index (κ1) is 10.7. The average molecular weight is 221 g/mol. The molecule has 1 aromatic heterocycles. The molecule has 3 N–H and O–H groups in total. The molecule has 1 fully saturated rings. The average Bonchev–Trinajstić information content (AvgIpc) is 3.12. The maximum Gasteiger partial charge on any atom is 0.213 e. The van der Waals surface area contributed by atoms with E-state index in [4.69, 9.17) is 15.7 Å². The first-order valence-corrected chi connectivity index (χ1v) is 5.37. The van der Waals surface area contributed by atoms with E-state index in [1.807, 2.05) is 0 Å². The van der Waals surface area contributed by atoms with Crippen LogP contribution in [0.3, 0.4) is 0 Å². The highest BCUT2D eigenvalue weighted by Gasteiger charge is 2.20. The van der Waals surface area contributed by atoms with Crippen molar-refractivity contribution < 1.29 is 9.94 Å². The highest BCUT2D eigenvalue weighted by atomic mass is 16.5. The molecule has 1 aromatic rings. The zero-order chi connectivity index (χ0) is 11.4. The predicted molar refractivity (Wildman–Crippen MR) is 59.6 cm³/mol. The molecule has 1 aliphatic rings. The van der Waals surface area contributed by atoms with Gasteiger partial charge in [-0.3, -0.25) is 0 Å². The van der Waals surface area contributed by atoms with Gasteiger partial charge in [-0.25, -0.2) is 4.98 Å². The highest BCUT2D eigenvalue weighted by Crippen LogP contribution is 2.32. The van der Waals surface area contributed by atoms with Gasteiger partial charge in [0.2, 0.25) is 5.88 Å². The number of amidine groups is 1. The first-order chi connectivity index (χ1) is 7.79. The Morgan fingerprint density at radius 1 is 1.56 bits per heavy atom. The summed E-state index contributed by atoms with van der Waals surface area (Å²) in [6, 6.07) is 5.21. The SMILES string of the molecule is N/C(=N/O)c1cccc(OCCC2CC2)n1. The molecule has 86 valence electrons. The van der Waals surface area contributed by atoms with Crippen LogP contribution in [0, 0.1) is 5.92 Å². The maximum absolute atomic E-state index is 8.52. The van der Waals surface area contributed by atoms with Gasteiger partial charge in [-0.05, 0) is 18.4 Å². The van der Waals surface area contributed by atoms with E-state index >= 15 is 0 Å². The van der Waals surface area contributed by atoms with Crippen LogP contribution in [-0.4, -0.2) is 22.6 Å². The van der Waals surface area contributed by atoms with Crippen molar-refractivity contribution in [2.24, 2.45) is 16.8 Å². The van der Waals surface area contributed by atoms with E-state index in [0.29, 0.717) is 18.2 Å². The minimum atomic E-state index is -0.00681. The third kappa shape index (κ3) is 2.85. The van der Waals surface area contributed by atoms with Gasteiger partial charge in [-0.1, -0.05) is 24.1 Å². The monoisotopic (exact) mass is 221 g/mol. The minimum Gasteiger partial charge on any atom is -0.478 e. The molecule has 5 nitrogen and oxygen atoms in total. The lowest BCUT2D eigenvalue weighted by molar-refractivity contribution is 0.291. The number of nitrogens with two attached hydrogens (primary N) is 1. The molecule has 2 rings (SSSR count). The van der Waals surface area contributed by atoms with Gasteiger partial charge in [0, 0.05) is 6.07 Å². The topological polar surface area (TPSA) is 80.7 Å². The van der Waals surface area contributed by atoms with Crippen LogP contribution in [0.2, 0.25) is 0 Å². The summed E-state index contributed by atoms with van der Waals surface area (Å²) in [6.07, 6.45) is 3.72. The van der Waals surface area contributed by atoms with Crippen molar-refractivity contribution in [2.75, 3.05) is 6.61 Å². The molecule has 0 unspecified atom stereocenters. The van der Waals surface area contributed by atoms with Crippen LogP contribution in [0.5, 0.6) is 5.88 Å². The second-order valence-corrected chi connectivity index (χ2v) is 3.93. The van der Waals surface area contributed by atoms with Crippen LogP contribution in [0.25, 0.3) is 0 Å². The van der Waals surface area contributed by atoms with Gasteiger partial charge in [0.25, 0.3) is 0 Å². The third-order valence-corrected chi connectivity index (χ3v) is 2.57. The molecule has 0 aromatic carbocycles. The molecule has 1 aliphatic carbocycles. The normalized spacial score (nSPS) is 16.1. The zero-order valence-corrected chi connectivity index (χ0v) is 8.97. The Labute approximate surface area is 93.9 Å². The van der Waals surface area contributed by atoms with E-state index in [1.54, 1.807) is 18.2 Å². The van der Waals surface area contributed by atoms with Gasteiger partial charge in [0.1, 0.15) is 5.69 Å². The summed E-state index contributed by atoms with van der Waals surface area (Å²) in [7, 11) is 0. The molecule has 5 heteroatoms. The number of hydrogen-bond donors (Lipinski definition) is 2. The summed E-state index contributed by atoms with van der Waals surface area (Å²) >= 11 is 0. The predicted octanol–water partition coefficient (Wildman–Crippen LogP) is 1.35. The Balaban J connectivity index is 1.92. The molecule has 0 atom stereocenters. The summed E-state index contributed by atoms with van der Waals surface area (Å²) in [5.74, 6) is 1.35. The van der Waals surface area contributed by atoms with Crippen molar-refractivity contribution in [3.8, 4) is 5.88 Å². The summed E-state index contributed by atoms with van der Waals surface area (Å²) in [6.45, 7) is 0.678. The summed E-state index contributed by atoms with van der Waals surface area (Å²) in [5, 5.41) is 11.4. The molecule has 1 heterocycles. The van der Waals surface area contributed by atoms with Gasteiger partial charge < -0.3 is 15.7 Å². The van der Waals surface area contributed by atoms with E-state index in [-0.39, 0.29) is 5.84 Å². The Hall–Kier alpha value is -1.78. The molecule has 0 amide bonds. The second-order valence-electron chi connectivity index (χ2n) is 3.93. The largest absolute Gasteiger partial charge is 0.478 e. The summed E-state index contributed by atoms with van der Waals surface area (Å²) in [4.78, 5) is 4.12. The van der Waals surface area contributed by atoms with E-state index < -0.39 is 0 Å². The highest BCUT2D eigenvalue weighted by molar-refractivity contribution is 5.95. The molecule has 0 spiro atoms. The fourth-order valence-electron chi connectivity index (χ4n) is 1.43. The van der Waals surface area contributed by atoms with Crippen LogP contribution in [0.15, 0.2) is 23.4 Å². The standard InChI is InChI=1S/C11H15N3O2/c12-11(14-15)9-2-1-3-10(13-9)16-7-6-8-4-5-8/h1-3,8,15H,4-7H2,(H2,12,14). The van der Waals surface area contributed by atoms with Crippen molar-refractivity contribution in [3.05, 3.63) is 23.9 Å². The van der Waals surface area contributed by atoms with Crippen LogP contribution >= 0.6 is 0 Å². The molecular weight excluding hydrogens is 206 g/mol. The Morgan fingerprint density at radius 3 is 3.06 bits per heavy atom. The number of rotatable bonds is 5. The first-order valence-electron chi connectivity index (χ1n) is 5.37.